The predicted molar refractivity (Wildman–Crippen MR) is 156 cm³/mol. The molecule has 0 radical (unpaired) electrons. The van der Waals surface area contributed by atoms with Gasteiger partial charge in [0.1, 0.15) is 17.4 Å². The molecule has 0 saturated carbocycles. The third-order valence-corrected chi connectivity index (χ3v) is 6.34. The lowest BCUT2D eigenvalue weighted by Crippen LogP contribution is -2.47. The van der Waals surface area contributed by atoms with E-state index >= 15 is 0 Å². The van der Waals surface area contributed by atoms with Gasteiger partial charge < -0.3 is 20.5 Å². The van der Waals surface area contributed by atoms with E-state index in [1.807, 2.05) is 75.5 Å². The summed E-state index contributed by atoms with van der Waals surface area (Å²) >= 11 is 4.06. The summed E-state index contributed by atoms with van der Waals surface area (Å²) in [7, 11) is 0. The van der Waals surface area contributed by atoms with Crippen LogP contribution in [-0.2, 0) is 16.0 Å². The number of alkyl carbamates (subject to hydrolysis) is 1. The highest BCUT2D eigenvalue weighted by atomic mass is 127. The molecular weight excluding hydrogens is 686 g/mol. The molecule has 0 aliphatic rings. The van der Waals surface area contributed by atoms with E-state index in [2.05, 4.69) is 20.9 Å². The molecule has 0 spiro atoms. The number of hydrogen-bond donors (Lipinski definition) is 3. The second-order valence-corrected chi connectivity index (χ2v) is 11.2. The molecule has 0 saturated heterocycles. The third-order valence-electron chi connectivity index (χ3n) is 4.70. The Labute approximate surface area is 237 Å². The molecule has 0 aliphatic carbocycles. The first-order chi connectivity index (χ1) is 17.0. The van der Waals surface area contributed by atoms with Gasteiger partial charge in [-0.2, -0.15) is 10.2 Å². The largest absolute Gasteiger partial charge is 0.506 e. The average molecular weight is 712 g/mol. The molecule has 8 nitrogen and oxygen atoms in total. The normalized spacial score (nSPS) is 12.2. The maximum Gasteiger partial charge on any atom is 0.408 e. The average Bonchev–Trinajstić information content (AvgIpc) is 2.81. The van der Waals surface area contributed by atoms with Crippen molar-refractivity contribution >= 4 is 74.2 Å². The summed E-state index contributed by atoms with van der Waals surface area (Å²) in [5.74, 6) is -0.219. The standard InChI is InChI=1S/C26H26I2N4O4/c1-26(2,3)36-25(35)30-22(15-16-13-20(27)23(33)21(28)14-16)24(34)29-17-9-11-19(12-10-17)32-31-18-7-5-4-6-8-18/h4-14,22,33H,15H2,1-3H3,(H,29,34)(H,30,35)/t22-/m1/s1. The summed E-state index contributed by atoms with van der Waals surface area (Å²) in [5, 5.41) is 24.0. The minimum atomic E-state index is -0.909. The van der Waals surface area contributed by atoms with Crippen LogP contribution in [0.1, 0.15) is 26.3 Å². The Morgan fingerprint density at radius 3 is 2.06 bits per heavy atom. The fourth-order valence-electron chi connectivity index (χ4n) is 3.08. The van der Waals surface area contributed by atoms with Crippen LogP contribution in [0.4, 0.5) is 21.9 Å². The molecule has 3 N–H and O–H groups in total. The number of hydrogen-bond acceptors (Lipinski definition) is 6. The molecule has 0 heterocycles. The molecule has 188 valence electrons. The molecule has 3 aromatic carbocycles. The van der Waals surface area contributed by atoms with Crippen molar-refractivity contribution in [1.82, 2.24) is 5.32 Å². The molecule has 10 heteroatoms. The quantitative estimate of drug-likeness (QED) is 0.180. The second kappa shape index (κ2) is 12.5. The Balaban J connectivity index is 1.74. The van der Waals surface area contributed by atoms with E-state index in [-0.39, 0.29) is 12.2 Å². The highest BCUT2D eigenvalue weighted by molar-refractivity contribution is 14.1. The number of azo groups is 1. The van der Waals surface area contributed by atoms with Gasteiger partial charge in [0.15, 0.2) is 0 Å². The number of anilines is 1. The maximum absolute atomic E-state index is 13.2. The van der Waals surface area contributed by atoms with Gasteiger partial charge in [0.05, 0.1) is 18.5 Å². The number of amides is 2. The fourth-order valence-corrected chi connectivity index (χ4v) is 4.98. The smallest absolute Gasteiger partial charge is 0.408 e. The number of carbonyl (C=O) groups excluding carboxylic acids is 2. The van der Waals surface area contributed by atoms with E-state index in [0.717, 1.165) is 11.3 Å². The van der Waals surface area contributed by atoms with Gasteiger partial charge in [-0.15, -0.1) is 0 Å². The van der Waals surface area contributed by atoms with Gasteiger partial charge in [0.2, 0.25) is 5.91 Å². The van der Waals surface area contributed by atoms with Gasteiger partial charge in [0, 0.05) is 12.1 Å². The fraction of sp³-hybridized carbons (Fsp3) is 0.231. The molecule has 0 aliphatic heterocycles. The van der Waals surface area contributed by atoms with Gasteiger partial charge >= 0.3 is 6.09 Å². The highest BCUT2D eigenvalue weighted by Gasteiger charge is 2.25. The van der Waals surface area contributed by atoms with E-state index in [1.54, 1.807) is 57.2 Å². The van der Waals surface area contributed by atoms with Gasteiger partial charge in [-0.1, -0.05) is 18.2 Å². The molecule has 0 unspecified atom stereocenters. The number of carbonyl (C=O) groups is 2. The van der Waals surface area contributed by atoms with Crippen LogP contribution >= 0.6 is 45.2 Å². The van der Waals surface area contributed by atoms with Crippen LogP contribution in [-0.4, -0.2) is 28.7 Å². The topological polar surface area (TPSA) is 112 Å². The minimum Gasteiger partial charge on any atom is -0.506 e. The lowest BCUT2D eigenvalue weighted by Gasteiger charge is -2.23. The zero-order valence-corrected chi connectivity index (χ0v) is 24.3. The molecule has 0 aromatic heterocycles. The van der Waals surface area contributed by atoms with Crippen LogP contribution in [0.15, 0.2) is 77.0 Å². The van der Waals surface area contributed by atoms with Crippen molar-refractivity contribution in [2.45, 2.75) is 38.8 Å². The molecule has 36 heavy (non-hydrogen) atoms. The summed E-state index contributed by atoms with van der Waals surface area (Å²) < 4.78 is 6.67. The summed E-state index contributed by atoms with van der Waals surface area (Å²) in [6.07, 6.45) is -0.483. The SMILES string of the molecule is CC(C)(C)OC(=O)N[C@H](Cc1cc(I)c(O)c(I)c1)C(=O)Nc1ccc(N=Nc2ccccc2)cc1. The van der Waals surface area contributed by atoms with Gasteiger partial charge in [0.25, 0.3) is 0 Å². The first-order valence-corrected chi connectivity index (χ1v) is 13.2. The number of nitrogens with one attached hydrogen (secondary N) is 2. The summed E-state index contributed by atoms with van der Waals surface area (Å²) in [6, 6.07) is 18.9. The number of halogens is 2. The third kappa shape index (κ3) is 8.73. The monoisotopic (exact) mass is 712 g/mol. The van der Waals surface area contributed by atoms with Gasteiger partial charge in [-0.25, -0.2) is 4.79 Å². The van der Waals surface area contributed by atoms with Crippen molar-refractivity contribution in [3.63, 3.8) is 0 Å². The van der Waals surface area contributed by atoms with Crippen LogP contribution < -0.4 is 10.6 Å². The molecule has 1 atom stereocenters. The Bertz CT molecular complexity index is 1220. The van der Waals surface area contributed by atoms with Crippen molar-refractivity contribution in [3.05, 3.63) is 79.4 Å². The molecule has 0 fully saturated rings. The Hall–Kier alpha value is -2.74. The second-order valence-electron chi connectivity index (χ2n) is 8.88. The van der Waals surface area contributed by atoms with Crippen molar-refractivity contribution < 1.29 is 19.4 Å². The highest BCUT2D eigenvalue weighted by Crippen LogP contribution is 2.28. The van der Waals surface area contributed by atoms with Crippen LogP contribution in [0.25, 0.3) is 0 Å². The van der Waals surface area contributed by atoms with E-state index in [0.29, 0.717) is 18.5 Å². The molecule has 3 aromatic rings. The number of phenols is 1. The minimum absolute atomic E-state index is 0.186. The Morgan fingerprint density at radius 1 is 0.944 bits per heavy atom. The Morgan fingerprint density at radius 2 is 1.50 bits per heavy atom. The Kier molecular flexibility index (Phi) is 9.65. The number of phenolic OH excluding ortho intramolecular Hbond substituents is 1. The van der Waals surface area contributed by atoms with Crippen LogP contribution in [0.2, 0.25) is 0 Å². The van der Waals surface area contributed by atoms with E-state index in [1.165, 1.54) is 0 Å². The molecular formula is C26H26I2N4O4. The number of aromatic hydroxyl groups is 1. The van der Waals surface area contributed by atoms with Gasteiger partial charge in [-0.05, 0) is 120 Å². The van der Waals surface area contributed by atoms with Crippen molar-refractivity contribution in [3.8, 4) is 5.75 Å². The summed E-state index contributed by atoms with van der Waals surface area (Å²) in [6.45, 7) is 5.26. The van der Waals surface area contributed by atoms with Gasteiger partial charge in [-0.3, -0.25) is 4.79 Å². The zero-order valence-electron chi connectivity index (χ0n) is 20.0. The lowest BCUT2D eigenvalue weighted by atomic mass is 10.0. The summed E-state index contributed by atoms with van der Waals surface area (Å²) in [4.78, 5) is 25.6. The van der Waals surface area contributed by atoms with Crippen molar-refractivity contribution in [1.29, 1.82) is 0 Å². The molecule has 2 amide bonds. The predicted octanol–water partition coefficient (Wildman–Crippen LogP) is 7.09. The number of ether oxygens (including phenoxy) is 1. The van der Waals surface area contributed by atoms with E-state index in [9.17, 15) is 14.7 Å². The molecule has 3 rings (SSSR count). The van der Waals surface area contributed by atoms with E-state index < -0.39 is 23.6 Å². The first kappa shape index (κ1) is 27.8. The van der Waals surface area contributed by atoms with Crippen LogP contribution in [0.5, 0.6) is 5.75 Å². The molecule has 0 bridgehead atoms. The van der Waals surface area contributed by atoms with Crippen molar-refractivity contribution in [2.75, 3.05) is 5.32 Å². The number of benzene rings is 3. The number of nitrogens with zero attached hydrogens (tertiary/aromatic N) is 2. The maximum atomic E-state index is 13.2. The zero-order chi connectivity index (χ0) is 26.3. The first-order valence-electron chi connectivity index (χ1n) is 11.0. The van der Waals surface area contributed by atoms with Crippen molar-refractivity contribution in [2.24, 2.45) is 10.2 Å². The van der Waals surface area contributed by atoms with Crippen LogP contribution in [0, 0.1) is 7.14 Å². The van der Waals surface area contributed by atoms with E-state index in [4.69, 9.17) is 4.74 Å². The lowest BCUT2D eigenvalue weighted by molar-refractivity contribution is -0.118. The van der Waals surface area contributed by atoms with Crippen LogP contribution in [0.3, 0.4) is 0 Å². The number of rotatable bonds is 7. The summed E-state index contributed by atoms with van der Waals surface area (Å²) in [5.41, 5.74) is 2.00.